The van der Waals surface area contributed by atoms with Crippen LogP contribution in [0.5, 0.6) is 0 Å². The molecule has 140 valence electrons. The first-order chi connectivity index (χ1) is 12.6. The Morgan fingerprint density at radius 1 is 1.00 bits per heavy atom. The maximum atomic E-state index is 15.0. The zero-order chi connectivity index (χ0) is 19.7. The molecule has 0 aliphatic carbocycles. The van der Waals surface area contributed by atoms with Crippen LogP contribution < -0.4 is 0 Å². The van der Waals surface area contributed by atoms with Crippen molar-refractivity contribution in [2.75, 3.05) is 0 Å². The molecule has 3 nitrogen and oxygen atoms in total. The summed E-state index contributed by atoms with van der Waals surface area (Å²) in [7, 11) is 1.94. The van der Waals surface area contributed by atoms with Crippen LogP contribution >= 0.6 is 0 Å². The molecule has 0 radical (unpaired) electrons. The number of nitrogens with zero attached hydrogens (tertiary/aromatic N) is 3. The molecule has 0 spiro atoms. The lowest BCUT2D eigenvalue weighted by Crippen LogP contribution is -2.47. The van der Waals surface area contributed by atoms with E-state index >= 15 is 0 Å². The first-order valence-corrected chi connectivity index (χ1v) is 9.39. The van der Waals surface area contributed by atoms with E-state index in [4.69, 9.17) is 10.1 Å². The van der Waals surface area contributed by atoms with Crippen molar-refractivity contribution in [3.63, 3.8) is 0 Å². The van der Waals surface area contributed by atoms with Crippen molar-refractivity contribution in [2.45, 2.75) is 52.5 Å². The number of hydrogen-bond donors (Lipinski definition) is 0. The van der Waals surface area contributed by atoms with E-state index in [0.717, 1.165) is 33.4 Å². The van der Waals surface area contributed by atoms with Crippen molar-refractivity contribution in [1.82, 2.24) is 9.78 Å². The quantitative estimate of drug-likeness (QED) is 0.582. The van der Waals surface area contributed by atoms with Gasteiger partial charge in [0.25, 0.3) is 0 Å². The first kappa shape index (κ1) is 17.9. The Morgan fingerprint density at radius 3 is 2.41 bits per heavy atom. The minimum Gasteiger partial charge on any atom is -0.275 e. The third kappa shape index (κ3) is 2.32. The lowest BCUT2D eigenvalue weighted by molar-refractivity contribution is 0.293. The highest BCUT2D eigenvalue weighted by Crippen LogP contribution is 2.45. The summed E-state index contributed by atoms with van der Waals surface area (Å²) in [5.74, 6) is -0.170. The molecular formula is C23H26FN3. The van der Waals surface area contributed by atoms with E-state index < -0.39 is 11.0 Å². The largest absolute Gasteiger partial charge is 0.275 e. The van der Waals surface area contributed by atoms with Crippen molar-refractivity contribution in [2.24, 2.45) is 12.0 Å². The fraction of sp³-hybridized carbons (Fsp3) is 0.391. The van der Waals surface area contributed by atoms with Gasteiger partial charge in [-0.2, -0.15) is 5.10 Å². The lowest BCUT2D eigenvalue weighted by atomic mass is 9.65. The number of rotatable bonds is 1. The van der Waals surface area contributed by atoms with E-state index in [9.17, 15) is 4.39 Å². The van der Waals surface area contributed by atoms with E-state index in [1.807, 2.05) is 17.8 Å². The zero-order valence-corrected chi connectivity index (χ0v) is 17.1. The molecule has 3 aromatic rings. The summed E-state index contributed by atoms with van der Waals surface area (Å²) in [6.07, 6.45) is 0. The van der Waals surface area contributed by atoms with Gasteiger partial charge in [0, 0.05) is 29.0 Å². The smallest absolute Gasteiger partial charge is 0.127 e. The van der Waals surface area contributed by atoms with Crippen LogP contribution in [0.25, 0.3) is 10.9 Å². The monoisotopic (exact) mass is 363 g/mol. The van der Waals surface area contributed by atoms with Gasteiger partial charge in [-0.25, -0.2) is 4.39 Å². The Morgan fingerprint density at radius 2 is 1.70 bits per heavy atom. The summed E-state index contributed by atoms with van der Waals surface area (Å²) in [5, 5.41) is 5.83. The fourth-order valence-electron chi connectivity index (χ4n) is 4.10. The summed E-state index contributed by atoms with van der Waals surface area (Å²) in [4.78, 5) is 5.14. The molecule has 1 aromatic heterocycles. The Hall–Kier alpha value is -2.49. The molecule has 0 saturated carbocycles. The SMILES string of the molecule is Cc1ccc2c(C3=NC(C)(C)C(C)(C)c4c(F)cccc43)n(C)nc2c1C. The van der Waals surface area contributed by atoms with E-state index in [1.165, 1.54) is 11.1 Å². The minimum atomic E-state index is -0.451. The topological polar surface area (TPSA) is 30.2 Å². The second-order valence-electron chi connectivity index (χ2n) is 8.68. The molecule has 0 amide bonds. The van der Waals surface area contributed by atoms with E-state index in [-0.39, 0.29) is 5.82 Å². The molecule has 0 fully saturated rings. The average Bonchev–Trinajstić information content (AvgIpc) is 2.91. The van der Waals surface area contributed by atoms with Crippen LogP contribution in [-0.4, -0.2) is 21.0 Å². The Kier molecular flexibility index (Phi) is 3.65. The highest BCUT2D eigenvalue weighted by atomic mass is 19.1. The third-order valence-corrected chi connectivity index (χ3v) is 6.57. The standard InChI is InChI=1S/C23H26FN3/c1-13-11-12-16-19(14(13)2)26-27(7)21(16)20-15-9-8-10-17(24)18(15)22(3,4)23(5,6)25-20/h8-12H,1-7H3. The van der Waals surface area contributed by atoms with Gasteiger partial charge < -0.3 is 0 Å². The molecule has 1 aliphatic heterocycles. The van der Waals surface area contributed by atoms with Crippen molar-refractivity contribution in [3.05, 3.63) is 64.1 Å². The summed E-state index contributed by atoms with van der Waals surface area (Å²) < 4.78 is 16.9. The minimum absolute atomic E-state index is 0.170. The number of aryl methyl sites for hydroxylation is 3. The van der Waals surface area contributed by atoms with Gasteiger partial charge in [-0.15, -0.1) is 0 Å². The molecule has 2 aromatic carbocycles. The van der Waals surface area contributed by atoms with Crippen molar-refractivity contribution in [3.8, 4) is 0 Å². The van der Waals surface area contributed by atoms with Crippen LogP contribution in [0.4, 0.5) is 4.39 Å². The molecule has 0 unspecified atom stereocenters. The lowest BCUT2D eigenvalue weighted by Gasteiger charge is -2.44. The van der Waals surface area contributed by atoms with Crippen LogP contribution in [0.1, 0.15) is 55.6 Å². The van der Waals surface area contributed by atoms with Crippen LogP contribution in [0.2, 0.25) is 0 Å². The van der Waals surface area contributed by atoms with E-state index in [2.05, 4.69) is 53.7 Å². The van der Waals surface area contributed by atoms with Gasteiger partial charge >= 0.3 is 0 Å². The second kappa shape index (κ2) is 5.51. The predicted octanol–water partition coefficient (Wildman–Crippen LogP) is 5.24. The second-order valence-corrected chi connectivity index (χ2v) is 8.68. The molecule has 27 heavy (non-hydrogen) atoms. The maximum Gasteiger partial charge on any atom is 0.127 e. The molecule has 1 aliphatic rings. The van der Waals surface area contributed by atoms with Crippen molar-refractivity contribution < 1.29 is 4.39 Å². The number of aliphatic imine (C=N–C) groups is 1. The molecule has 2 heterocycles. The molecule has 4 rings (SSSR count). The Labute approximate surface area is 159 Å². The average molecular weight is 363 g/mol. The molecule has 0 bridgehead atoms. The van der Waals surface area contributed by atoms with Crippen molar-refractivity contribution in [1.29, 1.82) is 0 Å². The molecule has 0 N–H and O–H groups in total. The van der Waals surface area contributed by atoms with E-state index in [1.54, 1.807) is 12.1 Å². The van der Waals surface area contributed by atoms with Gasteiger partial charge in [0.2, 0.25) is 0 Å². The first-order valence-electron chi connectivity index (χ1n) is 9.39. The number of fused-ring (bicyclic) bond motifs is 2. The zero-order valence-electron chi connectivity index (χ0n) is 17.1. The summed E-state index contributed by atoms with van der Waals surface area (Å²) >= 11 is 0. The summed E-state index contributed by atoms with van der Waals surface area (Å²) in [5.41, 5.74) is 5.86. The van der Waals surface area contributed by atoms with Gasteiger partial charge in [-0.1, -0.05) is 38.1 Å². The predicted molar refractivity (Wildman–Crippen MR) is 109 cm³/mol. The number of hydrogen-bond acceptors (Lipinski definition) is 2. The fourth-order valence-corrected chi connectivity index (χ4v) is 4.10. The van der Waals surface area contributed by atoms with Gasteiger partial charge in [-0.05, 0) is 44.9 Å². The van der Waals surface area contributed by atoms with Crippen LogP contribution in [0.15, 0.2) is 35.3 Å². The van der Waals surface area contributed by atoms with Gasteiger partial charge in [0.15, 0.2) is 0 Å². The normalized spacial score (nSPS) is 17.7. The van der Waals surface area contributed by atoms with Gasteiger partial charge in [-0.3, -0.25) is 9.67 Å². The van der Waals surface area contributed by atoms with E-state index in [0.29, 0.717) is 0 Å². The maximum absolute atomic E-state index is 15.0. The summed E-state index contributed by atoms with van der Waals surface area (Å²) in [6.45, 7) is 12.5. The van der Waals surface area contributed by atoms with Crippen LogP contribution in [0, 0.1) is 19.7 Å². The summed E-state index contributed by atoms with van der Waals surface area (Å²) in [6, 6.07) is 9.52. The van der Waals surface area contributed by atoms with Crippen molar-refractivity contribution >= 4 is 16.6 Å². The number of benzene rings is 2. The Balaban J connectivity index is 2.11. The number of aromatic nitrogens is 2. The highest BCUT2D eigenvalue weighted by molar-refractivity contribution is 6.20. The molecule has 0 saturated heterocycles. The number of halogens is 1. The third-order valence-electron chi connectivity index (χ3n) is 6.57. The molecular weight excluding hydrogens is 337 g/mol. The Bertz CT molecular complexity index is 1120. The van der Waals surface area contributed by atoms with Gasteiger partial charge in [0.05, 0.1) is 22.5 Å². The highest BCUT2D eigenvalue weighted by Gasteiger charge is 2.46. The molecule has 4 heteroatoms. The van der Waals surface area contributed by atoms with Crippen LogP contribution in [0.3, 0.4) is 0 Å². The van der Waals surface area contributed by atoms with Gasteiger partial charge in [0.1, 0.15) is 5.82 Å². The van der Waals surface area contributed by atoms with Crippen LogP contribution in [-0.2, 0) is 12.5 Å². The molecule has 0 atom stereocenters.